The summed E-state index contributed by atoms with van der Waals surface area (Å²) < 4.78 is 12.0. The van der Waals surface area contributed by atoms with Crippen molar-refractivity contribution < 1.29 is 13.9 Å². The third-order valence-electron chi connectivity index (χ3n) is 4.40. The first kappa shape index (κ1) is 19.1. The Morgan fingerprint density at radius 1 is 1.10 bits per heavy atom. The summed E-state index contributed by atoms with van der Waals surface area (Å²) in [4.78, 5) is 13.1. The minimum Gasteiger partial charge on any atom is -0.497 e. The van der Waals surface area contributed by atoms with Crippen molar-refractivity contribution in [3.63, 3.8) is 0 Å². The first-order valence-corrected chi connectivity index (χ1v) is 9.25. The average molecular weight is 401 g/mol. The molecule has 150 valence electrons. The lowest BCUT2D eigenvalue weighted by Gasteiger charge is -2.11. The number of hydrogen-bond donors (Lipinski definition) is 1. The predicted molar refractivity (Wildman–Crippen MR) is 111 cm³/mol. The first-order valence-electron chi connectivity index (χ1n) is 9.25. The summed E-state index contributed by atoms with van der Waals surface area (Å²) in [7, 11) is 1.61. The highest BCUT2D eigenvalue weighted by Crippen LogP contribution is 2.21. The Hall–Kier alpha value is -4.20. The molecule has 0 aliphatic rings. The van der Waals surface area contributed by atoms with E-state index in [2.05, 4.69) is 20.8 Å². The first-order chi connectivity index (χ1) is 14.7. The number of hydrogen-bond acceptors (Lipinski definition) is 6. The maximum absolute atomic E-state index is 13.1. The van der Waals surface area contributed by atoms with E-state index in [0.29, 0.717) is 18.1 Å². The van der Waals surface area contributed by atoms with Gasteiger partial charge < -0.3 is 14.5 Å². The molecule has 1 amide bonds. The normalized spacial score (nSPS) is 11.3. The van der Waals surface area contributed by atoms with E-state index in [1.54, 1.807) is 25.3 Å². The second-order valence-corrected chi connectivity index (χ2v) is 6.36. The van der Waals surface area contributed by atoms with Crippen LogP contribution in [0.15, 0.2) is 77.4 Å². The zero-order valence-electron chi connectivity index (χ0n) is 16.2. The van der Waals surface area contributed by atoms with Gasteiger partial charge in [-0.3, -0.25) is 4.79 Å². The number of nitrogens with one attached hydrogen (secondary N) is 1. The summed E-state index contributed by atoms with van der Waals surface area (Å²) in [6, 6.07) is 20.4. The van der Waals surface area contributed by atoms with E-state index in [1.807, 2.05) is 54.6 Å². The van der Waals surface area contributed by atoms with Gasteiger partial charge >= 0.3 is 0 Å². The van der Waals surface area contributed by atoms with E-state index in [9.17, 15) is 4.79 Å². The summed E-state index contributed by atoms with van der Waals surface area (Å²) in [5, 5.41) is 14.8. The number of rotatable bonds is 7. The number of tetrazole rings is 1. The molecule has 2 aromatic heterocycles. The largest absolute Gasteiger partial charge is 0.497 e. The highest BCUT2D eigenvalue weighted by molar-refractivity contribution is 6.18. The molecule has 0 fully saturated rings. The van der Waals surface area contributed by atoms with Gasteiger partial charge in [0.15, 0.2) is 5.82 Å². The van der Waals surface area contributed by atoms with Crippen LogP contribution >= 0.6 is 0 Å². The van der Waals surface area contributed by atoms with Crippen molar-refractivity contribution in [2.75, 3.05) is 7.11 Å². The van der Waals surface area contributed by atoms with Crippen molar-refractivity contribution >= 4 is 17.7 Å². The lowest BCUT2D eigenvalue weighted by atomic mass is 10.2. The van der Waals surface area contributed by atoms with Crippen molar-refractivity contribution in [3.8, 4) is 17.1 Å². The number of furan rings is 1. The SMILES string of the molecule is COc1ccc(CNC(=O)/C(=C/c2ccco2)n2nnnc2-c2ccccc2)cc1. The molecule has 8 heteroatoms. The predicted octanol–water partition coefficient (Wildman–Crippen LogP) is 3.26. The lowest BCUT2D eigenvalue weighted by Crippen LogP contribution is -2.27. The van der Waals surface area contributed by atoms with Crippen LogP contribution < -0.4 is 10.1 Å². The third kappa shape index (κ3) is 4.27. The molecule has 0 atom stereocenters. The number of methoxy groups -OCH3 is 1. The fourth-order valence-electron chi connectivity index (χ4n) is 2.86. The van der Waals surface area contributed by atoms with E-state index < -0.39 is 0 Å². The minimum absolute atomic E-state index is 0.238. The summed E-state index contributed by atoms with van der Waals surface area (Å²) in [6.07, 6.45) is 3.14. The molecule has 0 aliphatic carbocycles. The van der Waals surface area contributed by atoms with Gasteiger partial charge in [0.2, 0.25) is 0 Å². The molecule has 0 radical (unpaired) electrons. The van der Waals surface area contributed by atoms with Crippen LogP contribution in [0.1, 0.15) is 11.3 Å². The molecule has 2 aromatic carbocycles. The molecule has 30 heavy (non-hydrogen) atoms. The standard InChI is InChI=1S/C22H19N5O3/c1-29-18-11-9-16(10-12-18)15-23-22(28)20(14-19-8-5-13-30-19)27-21(24-25-26-27)17-6-3-2-4-7-17/h2-14H,15H2,1H3,(H,23,28)/b20-14-. The van der Waals surface area contributed by atoms with Gasteiger partial charge in [-0.2, -0.15) is 4.68 Å². The van der Waals surface area contributed by atoms with Gasteiger partial charge in [-0.1, -0.05) is 42.5 Å². The summed E-state index contributed by atoms with van der Waals surface area (Å²) >= 11 is 0. The molecule has 0 bridgehead atoms. The maximum Gasteiger partial charge on any atom is 0.270 e. The monoisotopic (exact) mass is 401 g/mol. The number of aromatic nitrogens is 4. The molecule has 1 N–H and O–H groups in total. The molecule has 0 spiro atoms. The van der Waals surface area contributed by atoms with Gasteiger partial charge in [0.05, 0.1) is 13.4 Å². The summed E-state index contributed by atoms with van der Waals surface area (Å²) in [6.45, 7) is 0.334. The van der Waals surface area contributed by atoms with Crippen molar-refractivity contribution in [2.45, 2.75) is 6.54 Å². The van der Waals surface area contributed by atoms with Gasteiger partial charge in [-0.05, 0) is 40.3 Å². The summed E-state index contributed by atoms with van der Waals surface area (Å²) in [5.74, 6) is 1.38. The van der Waals surface area contributed by atoms with Crippen LogP contribution in [0.4, 0.5) is 0 Å². The van der Waals surface area contributed by atoms with E-state index >= 15 is 0 Å². The summed E-state index contributed by atoms with van der Waals surface area (Å²) in [5.41, 5.74) is 1.96. The van der Waals surface area contributed by atoms with Crippen LogP contribution in [0, 0.1) is 0 Å². The highest BCUT2D eigenvalue weighted by Gasteiger charge is 2.19. The number of nitrogens with zero attached hydrogens (tertiary/aromatic N) is 4. The van der Waals surface area contributed by atoms with Crippen LogP contribution in [0.25, 0.3) is 23.2 Å². The second-order valence-electron chi connectivity index (χ2n) is 6.36. The quantitative estimate of drug-likeness (QED) is 0.478. The second kappa shape index (κ2) is 8.87. The smallest absolute Gasteiger partial charge is 0.270 e. The molecule has 2 heterocycles. The molecule has 4 aromatic rings. The number of carbonyl (C=O) groups excluding carboxylic acids is 1. The van der Waals surface area contributed by atoms with E-state index in [-0.39, 0.29) is 11.6 Å². The lowest BCUT2D eigenvalue weighted by molar-refractivity contribution is -0.116. The van der Waals surface area contributed by atoms with Crippen molar-refractivity contribution in [1.82, 2.24) is 25.5 Å². The average Bonchev–Trinajstić information content (AvgIpc) is 3.49. The maximum atomic E-state index is 13.1. The molecule has 0 unspecified atom stereocenters. The fraction of sp³-hybridized carbons (Fsp3) is 0.0909. The zero-order chi connectivity index (χ0) is 20.8. The Bertz CT molecular complexity index is 1130. The Labute approximate surface area is 172 Å². The fourth-order valence-corrected chi connectivity index (χ4v) is 2.86. The van der Waals surface area contributed by atoms with Crippen molar-refractivity contribution in [1.29, 1.82) is 0 Å². The van der Waals surface area contributed by atoms with Gasteiger partial charge in [0.1, 0.15) is 17.2 Å². The van der Waals surface area contributed by atoms with E-state index in [4.69, 9.17) is 9.15 Å². The molecular formula is C22H19N5O3. The van der Waals surface area contributed by atoms with Gasteiger partial charge in [-0.25, -0.2) is 0 Å². The minimum atomic E-state index is -0.341. The van der Waals surface area contributed by atoms with Crippen molar-refractivity contribution in [2.24, 2.45) is 0 Å². The third-order valence-corrected chi connectivity index (χ3v) is 4.40. The highest BCUT2D eigenvalue weighted by atomic mass is 16.5. The Morgan fingerprint density at radius 3 is 2.60 bits per heavy atom. The number of amides is 1. The Kier molecular flexibility index (Phi) is 5.66. The number of ether oxygens (including phenoxy) is 1. The van der Waals surface area contributed by atoms with Crippen molar-refractivity contribution in [3.05, 3.63) is 84.3 Å². The Balaban J connectivity index is 1.63. The topological polar surface area (TPSA) is 95.1 Å². The van der Waals surface area contributed by atoms with Gasteiger partial charge in [0.25, 0.3) is 5.91 Å². The Morgan fingerprint density at radius 2 is 1.90 bits per heavy atom. The molecule has 0 saturated heterocycles. The van der Waals surface area contributed by atoms with Crippen LogP contribution in [-0.4, -0.2) is 33.2 Å². The molecule has 8 nitrogen and oxygen atoms in total. The molecular weight excluding hydrogens is 382 g/mol. The van der Waals surface area contributed by atoms with Crippen LogP contribution in [0.3, 0.4) is 0 Å². The van der Waals surface area contributed by atoms with Crippen LogP contribution in [0.5, 0.6) is 5.75 Å². The number of benzene rings is 2. The van der Waals surface area contributed by atoms with Crippen LogP contribution in [-0.2, 0) is 11.3 Å². The van der Waals surface area contributed by atoms with Crippen LogP contribution in [0.2, 0.25) is 0 Å². The molecule has 0 aliphatic heterocycles. The van der Waals surface area contributed by atoms with E-state index in [0.717, 1.165) is 16.9 Å². The van der Waals surface area contributed by atoms with Gasteiger partial charge in [0, 0.05) is 18.2 Å². The molecule has 0 saturated carbocycles. The molecule has 4 rings (SSSR count). The van der Waals surface area contributed by atoms with Gasteiger partial charge in [-0.15, -0.1) is 5.10 Å². The zero-order valence-corrected chi connectivity index (χ0v) is 16.2. The van der Waals surface area contributed by atoms with E-state index in [1.165, 1.54) is 10.9 Å². The number of carbonyl (C=O) groups is 1.